The predicted molar refractivity (Wildman–Crippen MR) is 86.4 cm³/mol. The lowest BCUT2D eigenvalue weighted by Crippen LogP contribution is -2.07. The third-order valence-corrected chi connectivity index (χ3v) is 3.40. The molecule has 0 fully saturated rings. The van der Waals surface area contributed by atoms with E-state index in [0.717, 1.165) is 0 Å². The molecule has 2 N–H and O–H groups in total. The summed E-state index contributed by atoms with van der Waals surface area (Å²) in [6.07, 6.45) is 0. The zero-order valence-electron chi connectivity index (χ0n) is 12.2. The zero-order chi connectivity index (χ0) is 17.1. The van der Waals surface area contributed by atoms with Gasteiger partial charge in [-0.1, -0.05) is 11.6 Å². The molecule has 8 heteroatoms. The maximum Gasteiger partial charge on any atom is 0.302 e. The van der Waals surface area contributed by atoms with Crippen LogP contribution in [0.2, 0.25) is 5.02 Å². The molecular weight excluding hydrogens is 337 g/mol. The summed E-state index contributed by atoms with van der Waals surface area (Å²) in [6.45, 7) is -0.331. The Balaban J connectivity index is 1.71. The molecule has 0 atom stereocenters. The minimum Gasteiger partial charge on any atom is -0.493 e. The fraction of sp³-hybridized carbons (Fsp3) is 0.0625. The molecule has 1 aromatic heterocycles. The smallest absolute Gasteiger partial charge is 0.302 e. The Labute approximate surface area is 140 Å². The quantitative estimate of drug-likeness (QED) is 0.687. The van der Waals surface area contributed by atoms with Crippen LogP contribution in [0.15, 0.2) is 52.7 Å². The molecule has 0 spiro atoms. The van der Waals surface area contributed by atoms with Crippen molar-refractivity contribution in [2.24, 2.45) is 10.2 Å². The van der Waals surface area contributed by atoms with Crippen molar-refractivity contribution in [2.75, 3.05) is 6.61 Å². The van der Waals surface area contributed by atoms with E-state index in [2.05, 4.69) is 15.2 Å². The van der Waals surface area contributed by atoms with Gasteiger partial charge in [0.25, 0.3) is 0 Å². The summed E-state index contributed by atoms with van der Waals surface area (Å²) in [7, 11) is 0. The number of aromatic nitrogens is 1. The maximum absolute atomic E-state index is 13.3. The van der Waals surface area contributed by atoms with Gasteiger partial charge in [-0.25, -0.2) is 4.39 Å². The molecule has 0 aliphatic heterocycles. The highest BCUT2D eigenvalue weighted by Crippen LogP contribution is 2.35. The van der Waals surface area contributed by atoms with Crippen molar-refractivity contribution in [2.45, 2.75) is 0 Å². The van der Waals surface area contributed by atoms with E-state index in [4.69, 9.17) is 16.3 Å². The van der Waals surface area contributed by atoms with Crippen LogP contribution in [0.4, 0.5) is 10.1 Å². The number of ether oxygens (including phenoxy) is 1. The van der Waals surface area contributed by atoms with Crippen molar-refractivity contribution < 1.29 is 19.0 Å². The number of H-pyrrole nitrogens is 1. The van der Waals surface area contributed by atoms with Crippen LogP contribution in [-0.2, 0) is 4.79 Å². The van der Waals surface area contributed by atoms with E-state index >= 15 is 0 Å². The second kappa shape index (κ2) is 6.67. The molecule has 6 nitrogen and oxygen atoms in total. The van der Waals surface area contributed by atoms with Crippen LogP contribution in [0.5, 0.6) is 11.6 Å². The molecule has 3 aromatic rings. The lowest BCUT2D eigenvalue weighted by atomic mass is 10.2. The van der Waals surface area contributed by atoms with Gasteiger partial charge in [-0.15, -0.1) is 10.2 Å². The monoisotopic (exact) mass is 347 g/mol. The molecule has 1 amide bonds. The number of nitrogens with one attached hydrogen (secondary N) is 1. The lowest BCUT2D eigenvalue weighted by Gasteiger charge is -2.02. The van der Waals surface area contributed by atoms with Crippen LogP contribution in [-0.4, -0.2) is 22.6 Å². The second-order valence-corrected chi connectivity index (χ2v) is 5.28. The van der Waals surface area contributed by atoms with Crippen LogP contribution < -0.4 is 4.74 Å². The first-order chi connectivity index (χ1) is 11.5. The van der Waals surface area contributed by atoms with Crippen molar-refractivity contribution in [3.05, 3.63) is 53.3 Å². The molecule has 3 rings (SSSR count). The van der Waals surface area contributed by atoms with Crippen LogP contribution in [0.1, 0.15) is 0 Å². The number of nitrogens with zero attached hydrogens (tertiary/aromatic N) is 2. The number of aromatic hydroxyl groups is 1. The van der Waals surface area contributed by atoms with Gasteiger partial charge in [0.1, 0.15) is 11.6 Å². The van der Waals surface area contributed by atoms with E-state index < -0.39 is 11.7 Å². The molecule has 0 aliphatic carbocycles. The largest absolute Gasteiger partial charge is 0.493 e. The third-order valence-electron chi connectivity index (χ3n) is 3.15. The summed E-state index contributed by atoms with van der Waals surface area (Å²) in [6, 6.07) is 10.4. The number of fused-ring (bicyclic) bond motifs is 1. The summed E-state index contributed by atoms with van der Waals surface area (Å²) in [5.41, 5.74) is 0.469. The van der Waals surface area contributed by atoms with E-state index in [1.807, 2.05) is 0 Å². The fourth-order valence-corrected chi connectivity index (χ4v) is 2.17. The lowest BCUT2D eigenvalue weighted by molar-refractivity contribution is -0.120. The van der Waals surface area contributed by atoms with E-state index in [0.29, 0.717) is 21.7 Å². The highest BCUT2D eigenvalue weighted by Gasteiger charge is 2.12. The number of halogens is 2. The van der Waals surface area contributed by atoms with Crippen LogP contribution >= 0.6 is 11.6 Å². The van der Waals surface area contributed by atoms with Gasteiger partial charge in [0.15, 0.2) is 12.3 Å². The first-order valence-electron chi connectivity index (χ1n) is 6.86. The fourth-order valence-electron chi connectivity index (χ4n) is 2.05. The third kappa shape index (κ3) is 3.52. The van der Waals surface area contributed by atoms with E-state index in [1.165, 1.54) is 18.2 Å². The van der Waals surface area contributed by atoms with Gasteiger partial charge >= 0.3 is 5.91 Å². The number of benzene rings is 2. The Hall–Kier alpha value is -2.93. The number of carbonyl (C=O) groups is 1. The zero-order valence-corrected chi connectivity index (χ0v) is 12.9. The highest BCUT2D eigenvalue weighted by atomic mass is 35.5. The molecule has 122 valence electrons. The highest BCUT2D eigenvalue weighted by molar-refractivity contribution is 6.30. The molecule has 0 bridgehead atoms. The first-order valence-corrected chi connectivity index (χ1v) is 7.24. The molecule has 24 heavy (non-hydrogen) atoms. The minimum atomic E-state index is -0.657. The van der Waals surface area contributed by atoms with Gasteiger partial charge in [-0.2, -0.15) is 0 Å². The summed E-state index contributed by atoms with van der Waals surface area (Å²) in [5.74, 6) is -0.990. The first kappa shape index (κ1) is 15.9. The van der Waals surface area contributed by atoms with Crippen molar-refractivity contribution in [3.8, 4) is 11.6 Å². The summed E-state index contributed by atoms with van der Waals surface area (Å²) in [4.78, 5) is 14.3. The molecule has 0 unspecified atom stereocenters. The standard InChI is InChI=1S/C16H11ClFN3O3/c17-9-1-4-11(5-2-9)24-8-14(22)20-21-15-12-7-10(18)3-6-13(12)19-16(15)23/h1-7,19,23H,8H2. The molecule has 0 saturated heterocycles. The van der Waals surface area contributed by atoms with Gasteiger partial charge in [0.2, 0.25) is 5.88 Å². The van der Waals surface area contributed by atoms with Crippen molar-refractivity contribution >= 4 is 34.1 Å². The number of carbonyl (C=O) groups excluding carboxylic acids is 1. The Morgan fingerprint density at radius 1 is 1.25 bits per heavy atom. The van der Waals surface area contributed by atoms with Crippen molar-refractivity contribution in [1.82, 2.24) is 4.98 Å². The summed E-state index contributed by atoms with van der Waals surface area (Å²) >= 11 is 5.75. The molecular formula is C16H11ClFN3O3. The molecule has 1 heterocycles. The van der Waals surface area contributed by atoms with Crippen LogP contribution in [0, 0.1) is 5.82 Å². The topological polar surface area (TPSA) is 87.0 Å². The average Bonchev–Trinajstić information content (AvgIpc) is 2.87. The van der Waals surface area contributed by atoms with Gasteiger partial charge in [0.05, 0.1) is 5.52 Å². The average molecular weight is 348 g/mol. The number of azo groups is 1. The van der Waals surface area contributed by atoms with E-state index in [-0.39, 0.29) is 18.2 Å². The van der Waals surface area contributed by atoms with Gasteiger partial charge in [-0.05, 0) is 42.5 Å². The maximum atomic E-state index is 13.3. The number of amides is 1. The summed E-state index contributed by atoms with van der Waals surface area (Å²) < 4.78 is 18.5. The Morgan fingerprint density at radius 2 is 2.00 bits per heavy atom. The van der Waals surface area contributed by atoms with Gasteiger partial charge < -0.3 is 14.8 Å². The van der Waals surface area contributed by atoms with Gasteiger partial charge in [0, 0.05) is 10.4 Å². The van der Waals surface area contributed by atoms with Crippen LogP contribution in [0.25, 0.3) is 10.9 Å². The van der Waals surface area contributed by atoms with Crippen LogP contribution in [0.3, 0.4) is 0 Å². The molecule has 0 aliphatic rings. The Bertz CT molecular complexity index is 922. The van der Waals surface area contributed by atoms with E-state index in [9.17, 15) is 14.3 Å². The predicted octanol–water partition coefficient (Wildman–Crippen LogP) is 4.36. The number of hydrogen-bond acceptors (Lipinski definition) is 4. The van der Waals surface area contributed by atoms with Crippen molar-refractivity contribution in [3.63, 3.8) is 0 Å². The second-order valence-electron chi connectivity index (χ2n) is 4.85. The molecule has 2 aromatic carbocycles. The van der Waals surface area contributed by atoms with E-state index in [1.54, 1.807) is 24.3 Å². The number of rotatable bonds is 4. The SMILES string of the molecule is O=C(COc1ccc(Cl)cc1)N=Nc1c(O)[nH]c2ccc(F)cc12. The molecule has 0 radical (unpaired) electrons. The van der Waals surface area contributed by atoms with Gasteiger partial charge in [-0.3, -0.25) is 4.79 Å². The number of hydrogen-bond donors (Lipinski definition) is 2. The normalized spacial score (nSPS) is 11.2. The van der Waals surface area contributed by atoms with Crippen molar-refractivity contribution in [1.29, 1.82) is 0 Å². The Kier molecular flexibility index (Phi) is 4.43. The Morgan fingerprint density at radius 3 is 2.75 bits per heavy atom. The summed E-state index contributed by atoms with van der Waals surface area (Å²) in [5, 5.41) is 17.8. The number of aromatic amines is 1. The minimum absolute atomic E-state index is 0.00987. The molecule has 0 saturated carbocycles.